The average Bonchev–Trinajstić information content (AvgIpc) is 2.77. The molecule has 1 heterocycles. The fourth-order valence-electron chi connectivity index (χ4n) is 2.25. The van der Waals surface area contributed by atoms with Crippen LogP contribution in [0.4, 0.5) is 4.39 Å². The van der Waals surface area contributed by atoms with Crippen molar-refractivity contribution in [2.45, 2.75) is 13.8 Å². The number of carbonyl (C=O) groups is 1. The highest BCUT2D eigenvalue weighted by Crippen LogP contribution is 2.34. The van der Waals surface area contributed by atoms with Crippen molar-refractivity contribution in [2.24, 2.45) is 7.05 Å². The summed E-state index contributed by atoms with van der Waals surface area (Å²) in [5.41, 5.74) is 2.17. The van der Waals surface area contributed by atoms with Gasteiger partial charge in [-0.25, -0.2) is 9.18 Å². The van der Waals surface area contributed by atoms with Crippen molar-refractivity contribution < 1.29 is 19.0 Å². The molecule has 0 saturated heterocycles. The van der Waals surface area contributed by atoms with E-state index >= 15 is 0 Å². The molecule has 6 heteroatoms. The summed E-state index contributed by atoms with van der Waals surface area (Å²) in [5, 5.41) is 12.9. The number of hydrogen-bond acceptors (Lipinski definition) is 3. The number of ether oxygens (including phenoxy) is 1. The summed E-state index contributed by atoms with van der Waals surface area (Å²) < 4.78 is 20.6. The van der Waals surface area contributed by atoms with Gasteiger partial charge in [-0.2, -0.15) is 5.10 Å². The Morgan fingerprint density at radius 2 is 2.00 bits per heavy atom. The lowest BCUT2D eigenvalue weighted by molar-refractivity contribution is 0.0689. The van der Waals surface area contributed by atoms with Crippen molar-refractivity contribution in [3.05, 3.63) is 34.8 Å². The van der Waals surface area contributed by atoms with E-state index in [0.717, 1.165) is 5.56 Å². The van der Waals surface area contributed by atoms with Crippen LogP contribution in [0.5, 0.6) is 5.75 Å². The predicted molar refractivity (Wildman–Crippen MR) is 71.6 cm³/mol. The van der Waals surface area contributed by atoms with Crippen LogP contribution in [-0.2, 0) is 7.05 Å². The third-order valence-corrected chi connectivity index (χ3v) is 3.29. The number of aromatic carboxylic acids is 1. The molecular formula is C14H15FN2O3. The zero-order chi connectivity index (χ0) is 15.0. The van der Waals surface area contributed by atoms with E-state index in [1.807, 2.05) is 0 Å². The van der Waals surface area contributed by atoms with Crippen LogP contribution in [0.15, 0.2) is 12.1 Å². The van der Waals surface area contributed by atoms with E-state index in [9.17, 15) is 9.18 Å². The minimum atomic E-state index is -1.12. The van der Waals surface area contributed by atoms with Crippen molar-refractivity contribution in [3.63, 3.8) is 0 Å². The molecule has 0 atom stereocenters. The summed E-state index contributed by atoms with van der Waals surface area (Å²) in [6.45, 7) is 3.44. The Morgan fingerprint density at radius 1 is 1.35 bits per heavy atom. The van der Waals surface area contributed by atoms with Gasteiger partial charge in [-0.3, -0.25) is 4.68 Å². The average molecular weight is 278 g/mol. The second kappa shape index (κ2) is 4.96. The number of aryl methyl sites for hydroxylation is 1. The Balaban J connectivity index is 2.70. The van der Waals surface area contributed by atoms with Gasteiger partial charge in [0.2, 0.25) is 0 Å². The maximum atomic E-state index is 14.0. The number of carboxylic acid groups (broad SMARTS) is 1. The van der Waals surface area contributed by atoms with Crippen LogP contribution >= 0.6 is 0 Å². The Morgan fingerprint density at radius 3 is 2.50 bits per heavy atom. The third kappa shape index (κ3) is 2.13. The fraction of sp³-hybridized carbons (Fsp3) is 0.286. The normalized spacial score (nSPS) is 10.7. The number of halogens is 1. The lowest BCUT2D eigenvalue weighted by atomic mass is 10.0. The molecule has 1 N–H and O–H groups in total. The second-order valence-corrected chi connectivity index (χ2v) is 4.53. The number of aromatic nitrogens is 2. The Hall–Kier alpha value is -2.37. The molecule has 0 unspecified atom stereocenters. The van der Waals surface area contributed by atoms with Gasteiger partial charge in [0.15, 0.2) is 5.69 Å². The molecule has 5 nitrogen and oxygen atoms in total. The highest BCUT2D eigenvalue weighted by Gasteiger charge is 2.19. The molecule has 2 rings (SSSR count). The molecule has 0 radical (unpaired) electrons. The zero-order valence-corrected chi connectivity index (χ0v) is 11.7. The van der Waals surface area contributed by atoms with E-state index in [0.29, 0.717) is 22.6 Å². The smallest absolute Gasteiger partial charge is 0.356 e. The van der Waals surface area contributed by atoms with Gasteiger partial charge in [-0.15, -0.1) is 0 Å². The monoisotopic (exact) mass is 278 g/mol. The van der Waals surface area contributed by atoms with Gasteiger partial charge in [0, 0.05) is 23.7 Å². The van der Waals surface area contributed by atoms with Crippen LogP contribution in [0.25, 0.3) is 11.3 Å². The van der Waals surface area contributed by atoms with Gasteiger partial charge in [-0.05, 0) is 26.0 Å². The lowest BCUT2D eigenvalue weighted by Crippen LogP contribution is -2.01. The van der Waals surface area contributed by atoms with E-state index in [1.165, 1.54) is 23.9 Å². The molecule has 0 bridgehead atoms. The molecular weight excluding hydrogens is 263 g/mol. The van der Waals surface area contributed by atoms with Crippen LogP contribution in [0.1, 0.15) is 21.6 Å². The second-order valence-electron chi connectivity index (χ2n) is 4.53. The molecule has 0 saturated carbocycles. The highest BCUT2D eigenvalue weighted by atomic mass is 19.1. The predicted octanol–water partition coefficient (Wildman–Crippen LogP) is 2.55. The molecule has 0 aliphatic heterocycles. The van der Waals surface area contributed by atoms with Gasteiger partial charge < -0.3 is 9.84 Å². The Kier molecular flexibility index (Phi) is 3.48. The van der Waals surface area contributed by atoms with Crippen LogP contribution in [0.3, 0.4) is 0 Å². The van der Waals surface area contributed by atoms with E-state index in [2.05, 4.69) is 5.10 Å². The standard InChI is InChI=1S/C14H15FN2O3/c1-7-9(5-10(15)8(2)13(7)20-4)12-6-11(14(18)19)16-17(12)3/h5-6H,1-4H3,(H,18,19). The molecule has 2 aromatic rings. The van der Waals surface area contributed by atoms with Gasteiger partial charge in [0.25, 0.3) is 0 Å². The van der Waals surface area contributed by atoms with Crippen LogP contribution < -0.4 is 4.74 Å². The molecule has 1 aromatic carbocycles. The summed E-state index contributed by atoms with van der Waals surface area (Å²) in [6.07, 6.45) is 0. The van der Waals surface area contributed by atoms with E-state index in [-0.39, 0.29) is 5.69 Å². The maximum absolute atomic E-state index is 14.0. The van der Waals surface area contributed by atoms with E-state index in [4.69, 9.17) is 9.84 Å². The van der Waals surface area contributed by atoms with Crippen molar-refractivity contribution in [2.75, 3.05) is 7.11 Å². The first-order chi connectivity index (χ1) is 9.36. The van der Waals surface area contributed by atoms with E-state index < -0.39 is 11.8 Å². The number of methoxy groups -OCH3 is 1. The molecule has 20 heavy (non-hydrogen) atoms. The molecule has 106 valence electrons. The molecule has 0 amide bonds. The first-order valence-corrected chi connectivity index (χ1v) is 5.98. The first-order valence-electron chi connectivity index (χ1n) is 5.98. The molecule has 1 aromatic heterocycles. The largest absolute Gasteiger partial charge is 0.496 e. The van der Waals surface area contributed by atoms with Crippen LogP contribution in [-0.4, -0.2) is 28.0 Å². The summed E-state index contributed by atoms with van der Waals surface area (Å²) in [5.74, 6) is -1.07. The SMILES string of the molecule is COc1c(C)c(F)cc(-c2cc(C(=O)O)nn2C)c1C. The minimum absolute atomic E-state index is 0.0816. The molecule has 0 fully saturated rings. The maximum Gasteiger partial charge on any atom is 0.356 e. The van der Waals surface area contributed by atoms with Gasteiger partial charge in [0.1, 0.15) is 11.6 Å². The molecule has 0 aliphatic rings. The van der Waals surface area contributed by atoms with Gasteiger partial charge in [-0.1, -0.05) is 0 Å². The Labute approximate surface area is 115 Å². The number of benzene rings is 1. The van der Waals surface area contributed by atoms with E-state index in [1.54, 1.807) is 20.9 Å². The van der Waals surface area contributed by atoms with Crippen molar-refractivity contribution in [3.8, 4) is 17.0 Å². The fourth-order valence-corrected chi connectivity index (χ4v) is 2.25. The summed E-state index contributed by atoms with van der Waals surface area (Å²) in [6, 6.07) is 2.79. The summed E-state index contributed by atoms with van der Waals surface area (Å²) >= 11 is 0. The molecule has 0 aliphatic carbocycles. The van der Waals surface area contributed by atoms with Crippen molar-refractivity contribution in [1.82, 2.24) is 9.78 Å². The summed E-state index contributed by atoms with van der Waals surface area (Å²) in [4.78, 5) is 11.0. The quantitative estimate of drug-likeness (QED) is 0.937. The van der Waals surface area contributed by atoms with Crippen LogP contribution in [0.2, 0.25) is 0 Å². The number of hydrogen-bond donors (Lipinski definition) is 1. The lowest BCUT2D eigenvalue weighted by Gasteiger charge is -2.14. The number of rotatable bonds is 3. The number of carboxylic acids is 1. The minimum Gasteiger partial charge on any atom is -0.496 e. The summed E-state index contributed by atoms with van der Waals surface area (Å²) in [7, 11) is 3.09. The number of nitrogens with zero attached hydrogens (tertiary/aromatic N) is 2. The van der Waals surface area contributed by atoms with Crippen LogP contribution in [0, 0.1) is 19.7 Å². The zero-order valence-electron chi connectivity index (χ0n) is 11.7. The molecule has 0 spiro atoms. The highest BCUT2D eigenvalue weighted by molar-refractivity contribution is 5.87. The van der Waals surface area contributed by atoms with Crippen molar-refractivity contribution >= 4 is 5.97 Å². The topological polar surface area (TPSA) is 64.3 Å². The Bertz CT molecular complexity index is 692. The first kappa shape index (κ1) is 14.0. The van der Waals surface area contributed by atoms with Gasteiger partial charge in [0.05, 0.1) is 12.8 Å². The third-order valence-electron chi connectivity index (χ3n) is 3.29. The van der Waals surface area contributed by atoms with Gasteiger partial charge >= 0.3 is 5.97 Å². The van der Waals surface area contributed by atoms with Crippen molar-refractivity contribution in [1.29, 1.82) is 0 Å².